The average Bonchev–Trinajstić information content (AvgIpc) is 2.55. The van der Waals surface area contributed by atoms with Crippen molar-refractivity contribution < 1.29 is 18.0 Å². The maximum Gasteiger partial charge on any atom is 0.418 e. The van der Waals surface area contributed by atoms with E-state index < -0.39 is 17.6 Å². The van der Waals surface area contributed by atoms with E-state index in [4.69, 9.17) is 0 Å². The average molecular weight is 369 g/mol. The Labute approximate surface area is 148 Å². The summed E-state index contributed by atoms with van der Waals surface area (Å²) in [6.07, 6.45) is -1.12. The number of aromatic nitrogens is 2. The molecule has 4 nitrogen and oxygen atoms in total. The largest absolute Gasteiger partial charge is 0.418 e. The number of alkyl halides is 3. The van der Waals surface area contributed by atoms with Crippen LogP contribution in [0.4, 0.5) is 18.9 Å². The predicted molar refractivity (Wildman–Crippen MR) is 91.8 cm³/mol. The van der Waals surface area contributed by atoms with Crippen LogP contribution < -0.4 is 5.32 Å². The summed E-state index contributed by atoms with van der Waals surface area (Å²) in [6.45, 7) is 5.62. The topological polar surface area (TPSA) is 54.9 Å². The Morgan fingerprint density at radius 2 is 2.00 bits per heavy atom. The first kappa shape index (κ1) is 19.2. The summed E-state index contributed by atoms with van der Waals surface area (Å²) >= 11 is 1.36. The highest BCUT2D eigenvalue weighted by Crippen LogP contribution is 2.38. The molecule has 1 unspecified atom stereocenters. The van der Waals surface area contributed by atoms with Gasteiger partial charge in [-0.1, -0.05) is 13.8 Å². The molecule has 8 heteroatoms. The summed E-state index contributed by atoms with van der Waals surface area (Å²) in [5.41, 5.74) is -0.613. The molecular weight excluding hydrogens is 351 g/mol. The second-order valence-corrected chi connectivity index (χ2v) is 7.05. The molecule has 0 aliphatic rings. The van der Waals surface area contributed by atoms with Gasteiger partial charge in [-0.15, -0.1) is 11.8 Å². The molecule has 2 rings (SSSR count). The van der Waals surface area contributed by atoms with Crippen LogP contribution in [-0.4, -0.2) is 21.1 Å². The molecule has 2 aromatic rings. The number of thioether (sulfide) groups is 1. The number of carbonyl (C=O) groups excluding carboxylic acids is 1. The zero-order valence-corrected chi connectivity index (χ0v) is 14.8. The van der Waals surface area contributed by atoms with Gasteiger partial charge in [-0.3, -0.25) is 9.78 Å². The van der Waals surface area contributed by atoms with Crippen molar-refractivity contribution in [3.8, 4) is 0 Å². The Kier molecular flexibility index (Phi) is 6.05. The summed E-state index contributed by atoms with van der Waals surface area (Å²) in [4.78, 5) is 20.4. The fraction of sp³-hybridized carbons (Fsp3) is 0.353. The van der Waals surface area contributed by atoms with Gasteiger partial charge in [0.1, 0.15) is 5.69 Å². The number of rotatable bonds is 5. The lowest BCUT2D eigenvalue weighted by atomic mass is 10.1. The van der Waals surface area contributed by atoms with Gasteiger partial charge in [0.25, 0.3) is 5.91 Å². The van der Waals surface area contributed by atoms with Gasteiger partial charge in [0, 0.05) is 16.3 Å². The monoisotopic (exact) mass is 369 g/mol. The van der Waals surface area contributed by atoms with E-state index in [9.17, 15) is 18.0 Å². The summed E-state index contributed by atoms with van der Waals surface area (Å²) < 4.78 is 40.1. The van der Waals surface area contributed by atoms with Crippen LogP contribution in [0.3, 0.4) is 0 Å². The first-order valence-electron chi connectivity index (χ1n) is 7.68. The van der Waals surface area contributed by atoms with Crippen molar-refractivity contribution in [3.63, 3.8) is 0 Å². The van der Waals surface area contributed by atoms with E-state index in [0.717, 1.165) is 12.5 Å². The maximum absolute atomic E-state index is 13.4. The summed E-state index contributed by atoms with van der Waals surface area (Å²) in [5, 5.41) is 2.48. The standard InChI is InChI=1S/C17H18F3N3OS/c1-4-11(3)25-12-5-6-14(13(7-12)17(18,19)20)23-16(24)15-9-21-10(2)8-22-15/h5-9,11H,4H2,1-3H3,(H,23,24). The number of nitrogens with zero attached hydrogens (tertiary/aromatic N) is 2. The SMILES string of the molecule is CCC(C)Sc1ccc(NC(=O)c2cnc(C)cn2)c(C(F)(F)F)c1. The van der Waals surface area contributed by atoms with E-state index in [1.807, 2.05) is 13.8 Å². The minimum atomic E-state index is -4.58. The van der Waals surface area contributed by atoms with Crippen molar-refractivity contribution in [1.82, 2.24) is 9.97 Å². The van der Waals surface area contributed by atoms with Gasteiger partial charge in [0.2, 0.25) is 0 Å². The molecule has 1 aromatic heterocycles. The van der Waals surface area contributed by atoms with E-state index in [1.54, 1.807) is 13.0 Å². The number of amides is 1. The van der Waals surface area contributed by atoms with E-state index in [2.05, 4.69) is 15.3 Å². The Morgan fingerprint density at radius 3 is 2.56 bits per heavy atom. The van der Waals surface area contributed by atoms with Gasteiger partial charge in [-0.2, -0.15) is 13.2 Å². The summed E-state index contributed by atoms with van der Waals surface area (Å²) in [7, 11) is 0. The lowest BCUT2D eigenvalue weighted by molar-refractivity contribution is -0.137. The lowest BCUT2D eigenvalue weighted by Gasteiger charge is -2.16. The Hall–Kier alpha value is -2.09. The van der Waals surface area contributed by atoms with E-state index in [0.29, 0.717) is 10.6 Å². The molecule has 134 valence electrons. The van der Waals surface area contributed by atoms with Crippen molar-refractivity contribution in [2.45, 2.75) is 43.5 Å². The summed E-state index contributed by atoms with van der Waals surface area (Å²) in [5.74, 6) is -0.736. The summed E-state index contributed by atoms with van der Waals surface area (Å²) in [6, 6.07) is 3.91. The van der Waals surface area contributed by atoms with Gasteiger partial charge in [0.15, 0.2) is 0 Å². The fourth-order valence-corrected chi connectivity index (χ4v) is 2.92. The van der Waals surface area contributed by atoms with Gasteiger partial charge in [-0.25, -0.2) is 4.98 Å². The Bertz CT molecular complexity index is 748. The van der Waals surface area contributed by atoms with Gasteiger partial charge in [0.05, 0.1) is 23.1 Å². The molecule has 0 aliphatic heterocycles. The Morgan fingerprint density at radius 1 is 1.28 bits per heavy atom. The molecule has 0 saturated carbocycles. The number of halogens is 3. The van der Waals surface area contributed by atoms with Crippen LogP contribution in [-0.2, 0) is 6.18 Å². The first-order valence-corrected chi connectivity index (χ1v) is 8.56. The van der Waals surface area contributed by atoms with Crippen LogP contribution in [0.25, 0.3) is 0 Å². The third-order valence-electron chi connectivity index (χ3n) is 3.47. The second-order valence-electron chi connectivity index (χ2n) is 5.54. The molecule has 0 radical (unpaired) electrons. The van der Waals surface area contributed by atoms with E-state index in [-0.39, 0.29) is 16.6 Å². The van der Waals surface area contributed by atoms with Crippen LogP contribution >= 0.6 is 11.8 Å². The molecule has 25 heavy (non-hydrogen) atoms. The molecule has 0 bridgehead atoms. The third kappa shape index (κ3) is 5.19. The van der Waals surface area contributed by atoms with Crippen molar-refractivity contribution in [2.24, 2.45) is 0 Å². The molecule has 0 fully saturated rings. The van der Waals surface area contributed by atoms with Crippen LogP contribution in [0, 0.1) is 6.92 Å². The first-order chi connectivity index (χ1) is 11.7. The molecule has 1 heterocycles. The molecule has 0 spiro atoms. The quantitative estimate of drug-likeness (QED) is 0.758. The van der Waals surface area contributed by atoms with Crippen LogP contribution in [0.5, 0.6) is 0 Å². The number of hydrogen-bond acceptors (Lipinski definition) is 4. The zero-order valence-electron chi connectivity index (χ0n) is 14.0. The number of aryl methyl sites for hydroxylation is 1. The number of hydrogen-bond donors (Lipinski definition) is 1. The van der Waals surface area contributed by atoms with Gasteiger partial charge in [-0.05, 0) is 31.5 Å². The second kappa shape index (κ2) is 7.86. The van der Waals surface area contributed by atoms with Crippen LogP contribution in [0.15, 0.2) is 35.5 Å². The number of nitrogens with one attached hydrogen (secondary N) is 1. The van der Waals surface area contributed by atoms with Crippen molar-refractivity contribution in [1.29, 1.82) is 0 Å². The Balaban J connectivity index is 2.30. The highest BCUT2D eigenvalue weighted by atomic mass is 32.2. The molecule has 0 saturated heterocycles. The van der Waals surface area contributed by atoms with Crippen molar-refractivity contribution in [3.05, 3.63) is 47.5 Å². The minimum Gasteiger partial charge on any atom is -0.320 e. The normalized spacial score (nSPS) is 12.7. The molecule has 1 amide bonds. The predicted octanol–water partition coefficient (Wildman–Crippen LogP) is 4.95. The van der Waals surface area contributed by atoms with E-state index in [1.165, 1.54) is 30.2 Å². The van der Waals surface area contributed by atoms with Crippen LogP contribution in [0.2, 0.25) is 0 Å². The van der Waals surface area contributed by atoms with Gasteiger partial charge >= 0.3 is 6.18 Å². The molecule has 1 aromatic carbocycles. The fourth-order valence-electron chi connectivity index (χ4n) is 1.95. The zero-order chi connectivity index (χ0) is 18.6. The smallest absolute Gasteiger partial charge is 0.320 e. The van der Waals surface area contributed by atoms with Crippen molar-refractivity contribution in [2.75, 3.05) is 5.32 Å². The molecular formula is C17H18F3N3OS. The minimum absolute atomic E-state index is 0.0446. The molecule has 1 N–H and O–H groups in total. The number of carbonyl (C=O) groups is 1. The van der Waals surface area contributed by atoms with Gasteiger partial charge < -0.3 is 5.32 Å². The highest BCUT2D eigenvalue weighted by Gasteiger charge is 2.34. The molecule has 1 atom stereocenters. The van der Waals surface area contributed by atoms with E-state index >= 15 is 0 Å². The third-order valence-corrected chi connectivity index (χ3v) is 4.73. The van der Waals surface area contributed by atoms with Crippen molar-refractivity contribution >= 4 is 23.4 Å². The highest BCUT2D eigenvalue weighted by molar-refractivity contribution is 7.99. The maximum atomic E-state index is 13.4. The lowest BCUT2D eigenvalue weighted by Crippen LogP contribution is -2.18. The molecule has 0 aliphatic carbocycles. The number of anilines is 1. The van der Waals surface area contributed by atoms with Crippen LogP contribution in [0.1, 0.15) is 42.0 Å². The number of benzene rings is 1.